The lowest BCUT2D eigenvalue weighted by Gasteiger charge is -2.15. The molecule has 0 heterocycles. The van der Waals surface area contributed by atoms with Crippen molar-refractivity contribution in [3.63, 3.8) is 0 Å². The van der Waals surface area contributed by atoms with Gasteiger partial charge in [-0.2, -0.15) is 4.72 Å². The first kappa shape index (κ1) is 16.5. The molecular weight excluding hydrogens is 289 g/mol. The summed E-state index contributed by atoms with van der Waals surface area (Å²) in [6, 6.07) is 1.87. The van der Waals surface area contributed by atoms with Crippen molar-refractivity contribution in [1.82, 2.24) is 4.72 Å². The van der Waals surface area contributed by atoms with Gasteiger partial charge in [0.05, 0.1) is 4.90 Å². The fourth-order valence-electron chi connectivity index (χ4n) is 1.63. The number of ether oxygens (including phenoxy) is 1. The lowest BCUT2D eigenvalue weighted by Crippen LogP contribution is -2.41. The molecule has 0 aliphatic carbocycles. The number of carbonyl (C=O) groups is 1. The molecule has 6 nitrogen and oxygen atoms in total. The van der Waals surface area contributed by atoms with Crippen LogP contribution in [-0.4, -0.2) is 39.3 Å². The van der Waals surface area contributed by atoms with Crippen molar-refractivity contribution in [2.24, 2.45) is 0 Å². The van der Waals surface area contributed by atoms with Crippen molar-refractivity contribution >= 4 is 16.0 Å². The van der Waals surface area contributed by atoms with E-state index in [1.165, 1.54) is 14.0 Å². The Bertz CT molecular complexity index is 588. The summed E-state index contributed by atoms with van der Waals surface area (Å²) < 4.78 is 44.0. The lowest BCUT2D eigenvalue weighted by molar-refractivity contribution is -0.139. The largest absolute Gasteiger partial charge is 0.480 e. The van der Waals surface area contributed by atoms with Gasteiger partial charge in [-0.25, -0.2) is 12.8 Å². The van der Waals surface area contributed by atoms with E-state index in [4.69, 9.17) is 9.84 Å². The molecule has 112 valence electrons. The normalized spacial score (nSPS) is 13.2. The summed E-state index contributed by atoms with van der Waals surface area (Å²) in [5.41, 5.74) is 0.202. The summed E-state index contributed by atoms with van der Waals surface area (Å²) in [6.45, 7) is 1.53. The Morgan fingerprint density at radius 3 is 2.65 bits per heavy atom. The number of aryl methyl sites for hydroxylation is 1. The van der Waals surface area contributed by atoms with Crippen LogP contribution in [0.3, 0.4) is 0 Å². The SMILES string of the molecule is COCCC(NS(=O)(=O)c1ccc(F)cc1C)C(=O)O. The lowest BCUT2D eigenvalue weighted by atomic mass is 10.2. The average molecular weight is 305 g/mol. The first-order valence-electron chi connectivity index (χ1n) is 5.78. The molecule has 1 aromatic carbocycles. The monoisotopic (exact) mass is 305 g/mol. The standard InChI is InChI=1S/C12H16FNO5S/c1-8-7-9(13)3-4-11(8)20(17,18)14-10(12(15)16)5-6-19-2/h3-4,7,10,14H,5-6H2,1-2H3,(H,15,16). The van der Waals surface area contributed by atoms with Gasteiger partial charge in [-0.3, -0.25) is 4.79 Å². The van der Waals surface area contributed by atoms with Crippen LogP contribution in [0.1, 0.15) is 12.0 Å². The van der Waals surface area contributed by atoms with Crippen LogP contribution in [0.25, 0.3) is 0 Å². The molecule has 0 aliphatic rings. The van der Waals surface area contributed by atoms with Crippen molar-refractivity contribution in [3.8, 4) is 0 Å². The van der Waals surface area contributed by atoms with Gasteiger partial charge in [0.1, 0.15) is 11.9 Å². The zero-order valence-electron chi connectivity index (χ0n) is 11.1. The van der Waals surface area contributed by atoms with E-state index in [1.807, 2.05) is 0 Å². The topological polar surface area (TPSA) is 92.7 Å². The maximum atomic E-state index is 13.0. The maximum Gasteiger partial charge on any atom is 0.321 e. The van der Waals surface area contributed by atoms with Crippen LogP contribution in [0.2, 0.25) is 0 Å². The molecule has 0 saturated carbocycles. The molecule has 20 heavy (non-hydrogen) atoms. The molecule has 1 unspecified atom stereocenters. The van der Waals surface area contributed by atoms with Crippen molar-refractivity contribution < 1.29 is 27.4 Å². The number of sulfonamides is 1. The number of rotatable bonds is 7. The Hall–Kier alpha value is -1.51. The summed E-state index contributed by atoms with van der Waals surface area (Å²) in [5.74, 6) is -1.86. The van der Waals surface area contributed by atoms with Crippen LogP contribution < -0.4 is 4.72 Å². The Labute approximate surface area is 116 Å². The third-order valence-electron chi connectivity index (χ3n) is 2.63. The van der Waals surface area contributed by atoms with E-state index in [9.17, 15) is 17.6 Å². The highest BCUT2D eigenvalue weighted by Gasteiger charge is 2.26. The highest BCUT2D eigenvalue weighted by Crippen LogP contribution is 2.16. The average Bonchev–Trinajstić information content (AvgIpc) is 2.33. The molecule has 0 aliphatic heterocycles. The zero-order chi connectivity index (χ0) is 15.3. The number of benzene rings is 1. The number of hydrogen-bond donors (Lipinski definition) is 2. The summed E-state index contributed by atoms with van der Waals surface area (Å²) in [6.07, 6.45) is -0.00863. The third kappa shape index (κ3) is 4.26. The predicted octanol–water partition coefficient (Wildman–Crippen LogP) is 0.902. The van der Waals surface area contributed by atoms with Crippen LogP contribution in [0.5, 0.6) is 0 Å². The van der Waals surface area contributed by atoms with Gasteiger partial charge in [0.15, 0.2) is 0 Å². The number of hydrogen-bond acceptors (Lipinski definition) is 4. The van der Waals surface area contributed by atoms with E-state index in [-0.39, 0.29) is 23.5 Å². The molecule has 0 amide bonds. The molecule has 1 atom stereocenters. The highest BCUT2D eigenvalue weighted by molar-refractivity contribution is 7.89. The molecule has 1 aromatic rings. The van der Waals surface area contributed by atoms with Crippen LogP contribution in [0.4, 0.5) is 4.39 Å². The summed E-state index contributed by atoms with van der Waals surface area (Å²) in [5, 5.41) is 8.98. The molecule has 0 bridgehead atoms. The zero-order valence-corrected chi connectivity index (χ0v) is 11.9. The number of carboxylic acids is 1. The smallest absolute Gasteiger partial charge is 0.321 e. The first-order valence-corrected chi connectivity index (χ1v) is 7.26. The van der Waals surface area contributed by atoms with Crippen molar-refractivity contribution in [2.45, 2.75) is 24.3 Å². The number of nitrogens with one attached hydrogen (secondary N) is 1. The summed E-state index contributed by atoms with van der Waals surface area (Å²) in [7, 11) is -2.65. The maximum absolute atomic E-state index is 13.0. The number of aliphatic carboxylic acids is 1. The Morgan fingerprint density at radius 2 is 2.15 bits per heavy atom. The Balaban J connectivity index is 3.00. The van der Waals surface area contributed by atoms with Gasteiger partial charge in [0.2, 0.25) is 10.0 Å². The second kappa shape index (κ2) is 6.78. The fourth-order valence-corrected chi connectivity index (χ4v) is 3.08. The van der Waals surface area contributed by atoms with Gasteiger partial charge < -0.3 is 9.84 Å². The highest BCUT2D eigenvalue weighted by atomic mass is 32.2. The van der Waals surface area contributed by atoms with Gasteiger partial charge in [0, 0.05) is 13.7 Å². The molecular formula is C12H16FNO5S. The molecule has 0 spiro atoms. The molecule has 0 fully saturated rings. The Morgan fingerprint density at radius 1 is 1.50 bits per heavy atom. The van der Waals surface area contributed by atoms with E-state index < -0.39 is 27.9 Å². The number of methoxy groups -OCH3 is 1. The van der Waals surface area contributed by atoms with E-state index in [0.717, 1.165) is 18.2 Å². The number of carboxylic acid groups (broad SMARTS) is 1. The van der Waals surface area contributed by atoms with Crippen molar-refractivity contribution in [2.75, 3.05) is 13.7 Å². The molecule has 8 heteroatoms. The van der Waals surface area contributed by atoms with E-state index in [0.29, 0.717) is 0 Å². The first-order chi connectivity index (χ1) is 9.27. The van der Waals surface area contributed by atoms with Crippen LogP contribution in [0, 0.1) is 12.7 Å². The van der Waals surface area contributed by atoms with Crippen LogP contribution in [-0.2, 0) is 19.6 Å². The minimum Gasteiger partial charge on any atom is -0.480 e. The number of halogens is 1. The Kier molecular flexibility index (Phi) is 5.61. The second-order valence-corrected chi connectivity index (χ2v) is 5.89. The van der Waals surface area contributed by atoms with Crippen LogP contribution in [0.15, 0.2) is 23.1 Å². The van der Waals surface area contributed by atoms with Gasteiger partial charge in [0.25, 0.3) is 0 Å². The van der Waals surface area contributed by atoms with Gasteiger partial charge in [-0.1, -0.05) is 0 Å². The summed E-state index contributed by atoms with van der Waals surface area (Å²) in [4.78, 5) is 10.9. The van der Waals surface area contributed by atoms with Crippen molar-refractivity contribution in [1.29, 1.82) is 0 Å². The summed E-state index contributed by atoms with van der Waals surface area (Å²) >= 11 is 0. The predicted molar refractivity (Wildman–Crippen MR) is 69.4 cm³/mol. The van der Waals surface area contributed by atoms with Crippen molar-refractivity contribution in [3.05, 3.63) is 29.6 Å². The molecule has 0 radical (unpaired) electrons. The molecule has 2 N–H and O–H groups in total. The quantitative estimate of drug-likeness (QED) is 0.781. The third-order valence-corrected chi connectivity index (χ3v) is 4.26. The molecule has 1 rings (SSSR count). The van der Waals surface area contributed by atoms with E-state index >= 15 is 0 Å². The van der Waals surface area contributed by atoms with E-state index in [2.05, 4.69) is 4.72 Å². The minimum absolute atomic E-state index is 0.00863. The van der Waals surface area contributed by atoms with Gasteiger partial charge >= 0.3 is 5.97 Å². The van der Waals surface area contributed by atoms with Crippen LogP contribution >= 0.6 is 0 Å². The minimum atomic E-state index is -4.04. The van der Waals surface area contributed by atoms with Gasteiger partial charge in [-0.05, 0) is 37.1 Å². The van der Waals surface area contributed by atoms with E-state index in [1.54, 1.807) is 0 Å². The van der Waals surface area contributed by atoms with Gasteiger partial charge in [-0.15, -0.1) is 0 Å². The molecule has 0 saturated heterocycles. The second-order valence-electron chi connectivity index (χ2n) is 4.20. The molecule has 0 aromatic heterocycles. The fraction of sp³-hybridized carbons (Fsp3) is 0.417.